The molecule has 0 bridgehead atoms. The summed E-state index contributed by atoms with van der Waals surface area (Å²) in [5.74, 6) is -0.311. The standard InChI is InChI=1S/C17H18N4O3S/c1-3-13(16(23)24-4-2)25-17-19-14-12(15(22)20-17)10-18-21(14)11-8-6-5-7-9-11/h5-10,13H,3-4H2,1-2H3,(H,19,20,22)/t13-/m1/s1. The Bertz CT molecular complexity index is 936. The third-order valence-electron chi connectivity index (χ3n) is 3.59. The van der Waals surface area contributed by atoms with Gasteiger partial charge in [-0.05, 0) is 25.5 Å². The van der Waals surface area contributed by atoms with E-state index < -0.39 is 5.25 Å². The molecule has 0 aliphatic heterocycles. The van der Waals surface area contributed by atoms with Crippen molar-refractivity contribution in [2.24, 2.45) is 0 Å². The lowest BCUT2D eigenvalue weighted by Crippen LogP contribution is -2.20. The minimum atomic E-state index is -0.423. The van der Waals surface area contributed by atoms with Crippen LogP contribution in [0.3, 0.4) is 0 Å². The molecule has 7 nitrogen and oxygen atoms in total. The van der Waals surface area contributed by atoms with E-state index in [0.29, 0.717) is 29.2 Å². The number of H-pyrrole nitrogens is 1. The molecule has 8 heteroatoms. The molecule has 25 heavy (non-hydrogen) atoms. The summed E-state index contributed by atoms with van der Waals surface area (Å²) < 4.78 is 6.68. The predicted octanol–water partition coefficient (Wildman–Crippen LogP) is 2.54. The van der Waals surface area contributed by atoms with E-state index in [9.17, 15) is 9.59 Å². The molecule has 1 aromatic carbocycles. The average Bonchev–Trinajstić information content (AvgIpc) is 3.05. The van der Waals surface area contributed by atoms with Gasteiger partial charge in [0.15, 0.2) is 10.8 Å². The van der Waals surface area contributed by atoms with Crippen molar-refractivity contribution in [3.8, 4) is 5.69 Å². The zero-order valence-electron chi connectivity index (χ0n) is 13.9. The van der Waals surface area contributed by atoms with Crippen molar-refractivity contribution in [2.75, 3.05) is 6.61 Å². The quantitative estimate of drug-likeness (QED) is 0.414. The highest BCUT2D eigenvalue weighted by Gasteiger charge is 2.21. The van der Waals surface area contributed by atoms with E-state index in [4.69, 9.17) is 4.74 Å². The number of fused-ring (bicyclic) bond motifs is 1. The van der Waals surface area contributed by atoms with Gasteiger partial charge >= 0.3 is 5.97 Å². The molecule has 3 aromatic rings. The van der Waals surface area contributed by atoms with Crippen molar-refractivity contribution in [1.29, 1.82) is 0 Å². The van der Waals surface area contributed by atoms with Gasteiger partial charge in [-0.15, -0.1) is 0 Å². The Morgan fingerprint density at radius 2 is 2.08 bits per heavy atom. The Labute approximate surface area is 148 Å². The fraction of sp³-hybridized carbons (Fsp3) is 0.294. The van der Waals surface area contributed by atoms with Crippen molar-refractivity contribution in [3.05, 3.63) is 46.9 Å². The second kappa shape index (κ2) is 7.52. The van der Waals surface area contributed by atoms with Crippen LogP contribution in [-0.4, -0.2) is 37.6 Å². The molecule has 0 aliphatic carbocycles. The number of nitrogens with one attached hydrogen (secondary N) is 1. The van der Waals surface area contributed by atoms with E-state index in [1.54, 1.807) is 11.6 Å². The summed E-state index contributed by atoms with van der Waals surface area (Å²) in [4.78, 5) is 31.5. The zero-order chi connectivity index (χ0) is 17.8. The molecule has 3 rings (SSSR count). The molecular weight excluding hydrogens is 340 g/mol. The number of carbonyl (C=O) groups excluding carboxylic acids is 1. The van der Waals surface area contributed by atoms with Crippen molar-refractivity contribution in [2.45, 2.75) is 30.7 Å². The van der Waals surface area contributed by atoms with Crippen LogP contribution in [0.15, 0.2) is 46.5 Å². The fourth-order valence-corrected chi connectivity index (χ4v) is 3.27. The third-order valence-corrected chi connectivity index (χ3v) is 4.82. The molecule has 1 N–H and O–H groups in total. The molecule has 0 unspecified atom stereocenters. The highest BCUT2D eigenvalue weighted by atomic mass is 32.2. The van der Waals surface area contributed by atoms with Crippen LogP contribution in [0, 0.1) is 0 Å². The lowest BCUT2D eigenvalue weighted by molar-refractivity contribution is -0.142. The first-order valence-electron chi connectivity index (χ1n) is 8.00. The number of aromatic nitrogens is 4. The minimum Gasteiger partial charge on any atom is -0.465 e. The number of hydrogen-bond acceptors (Lipinski definition) is 6. The van der Waals surface area contributed by atoms with Gasteiger partial charge in [-0.1, -0.05) is 36.9 Å². The maximum atomic E-state index is 12.3. The Balaban J connectivity index is 2.00. The minimum absolute atomic E-state index is 0.284. The van der Waals surface area contributed by atoms with Crippen molar-refractivity contribution < 1.29 is 9.53 Å². The van der Waals surface area contributed by atoms with Gasteiger partial charge in [0, 0.05) is 0 Å². The molecule has 0 spiro atoms. The molecule has 1 atom stereocenters. The van der Waals surface area contributed by atoms with Crippen molar-refractivity contribution >= 4 is 28.8 Å². The normalized spacial score (nSPS) is 12.2. The van der Waals surface area contributed by atoms with Gasteiger partial charge in [0.25, 0.3) is 5.56 Å². The number of esters is 1. The average molecular weight is 358 g/mol. The number of ether oxygens (including phenoxy) is 1. The number of thioether (sulfide) groups is 1. The largest absolute Gasteiger partial charge is 0.465 e. The number of nitrogens with zero attached hydrogens (tertiary/aromatic N) is 3. The van der Waals surface area contributed by atoms with E-state index in [2.05, 4.69) is 15.1 Å². The molecule has 0 fully saturated rings. The summed E-state index contributed by atoms with van der Waals surface area (Å²) in [6, 6.07) is 9.45. The monoisotopic (exact) mass is 358 g/mol. The summed E-state index contributed by atoms with van der Waals surface area (Å²) in [5, 5.41) is 4.61. The van der Waals surface area contributed by atoms with Gasteiger partial charge in [0.1, 0.15) is 10.6 Å². The number of benzene rings is 1. The molecule has 0 saturated heterocycles. The topological polar surface area (TPSA) is 89.9 Å². The van der Waals surface area contributed by atoms with Crippen LogP contribution in [0.5, 0.6) is 0 Å². The van der Waals surface area contributed by atoms with E-state index >= 15 is 0 Å². The number of para-hydroxylation sites is 1. The van der Waals surface area contributed by atoms with E-state index in [1.807, 2.05) is 37.3 Å². The Morgan fingerprint density at radius 1 is 1.32 bits per heavy atom. The van der Waals surface area contributed by atoms with Gasteiger partial charge < -0.3 is 9.72 Å². The van der Waals surface area contributed by atoms with Gasteiger partial charge in [-0.25, -0.2) is 9.67 Å². The molecule has 0 aliphatic rings. The molecule has 0 amide bonds. The Hall–Kier alpha value is -2.61. The summed E-state index contributed by atoms with van der Waals surface area (Å²) in [5.41, 5.74) is 0.980. The number of rotatable bonds is 6. The molecule has 130 valence electrons. The van der Waals surface area contributed by atoms with Crippen LogP contribution in [0.2, 0.25) is 0 Å². The highest BCUT2D eigenvalue weighted by Crippen LogP contribution is 2.24. The van der Waals surface area contributed by atoms with Crippen LogP contribution >= 0.6 is 11.8 Å². The Kier molecular flexibility index (Phi) is 5.18. The van der Waals surface area contributed by atoms with Crippen LogP contribution in [0.25, 0.3) is 16.7 Å². The molecule has 2 heterocycles. The van der Waals surface area contributed by atoms with Gasteiger partial charge in [-0.3, -0.25) is 9.59 Å². The van der Waals surface area contributed by atoms with Crippen LogP contribution in [-0.2, 0) is 9.53 Å². The molecule has 0 radical (unpaired) electrons. The summed E-state index contributed by atoms with van der Waals surface area (Å²) in [7, 11) is 0. The first-order valence-corrected chi connectivity index (χ1v) is 8.88. The van der Waals surface area contributed by atoms with Gasteiger partial charge in [0.2, 0.25) is 0 Å². The van der Waals surface area contributed by atoms with Crippen molar-refractivity contribution in [1.82, 2.24) is 19.7 Å². The van der Waals surface area contributed by atoms with Crippen molar-refractivity contribution in [3.63, 3.8) is 0 Å². The van der Waals surface area contributed by atoms with Crippen LogP contribution in [0.4, 0.5) is 0 Å². The summed E-state index contributed by atoms with van der Waals surface area (Å²) >= 11 is 1.19. The van der Waals surface area contributed by atoms with E-state index in [0.717, 1.165) is 5.69 Å². The third kappa shape index (κ3) is 3.58. The number of hydrogen-bond donors (Lipinski definition) is 1. The van der Waals surface area contributed by atoms with E-state index in [1.165, 1.54) is 18.0 Å². The van der Waals surface area contributed by atoms with Gasteiger partial charge in [-0.2, -0.15) is 5.10 Å². The number of carbonyl (C=O) groups is 1. The Morgan fingerprint density at radius 3 is 2.76 bits per heavy atom. The molecule has 0 saturated carbocycles. The summed E-state index contributed by atoms with van der Waals surface area (Å²) in [6.45, 7) is 3.97. The predicted molar refractivity (Wildman–Crippen MR) is 96.1 cm³/mol. The molecule has 2 aromatic heterocycles. The maximum absolute atomic E-state index is 12.3. The first kappa shape index (κ1) is 17.2. The second-order valence-electron chi connectivity index (χ2n) is 5.27. The zero-order valence-corrected chi connectivity index (χ0v) is 14.7. The highest BCUT2D eigenvalue weighted by molar-refractivity contribution is 8.00. The molecular formula is C17H18N4O3S. The fourth-order valence-electron chi connectivity index (χ4n) is 2.38. The SMILES string of the molecule is CCOC(=O)[C@@H](CC)Sc1nc2c(cnn2-c2ccccc2)c(=O)[nH]1. The van der Waals surface area contributed by atoms with Gasteiger partial charge in [0.05, 0.1) is 18.5 Å². The van der Waals surface area contributed by atoms with Crippen LogP contribution < -0.4 is 5.56 Å². The summed E-state index contributed by atoms with van der Waals surface area (Å²) in [6.07, 6.45) is 2.06. The lowest BCUT2D eigenvalue weighted by Gasteiger charge is -2.12. The smallest absolute Gasteiger partial charge is 0.319 e. The lowest BCUT2D eigenvalue weighted by atomic mass is 10.3. The number of aromatic amines is 1. The second-order valence-corrected chi connectivity index (χ2v) is 6.46. The van der Waals surface area contributed by atoms with E-state index in [-0.39, 0.29) is 11.5 Å². The van der Waals surface area contributed by atoms with Crippen LogP contribution in [0.1, 0.15) is 20.3 Å². The maximum Gasteiger partial charge on any atom is 0.319 e. The first-order chi connectivity index (χ1) is 12.1.